The highest BCUT2D eigenvalue weighted by Gasteiger charge is 2.20. The molecule has 1 aromatic rings. The van der Waals surface area contributed by atoms with Crippen LogP contribution in [0.2, 0.25) is 5.15 Å². The van der Waals surface area contributed by atoms with Gasteiger partial charge in [0, 0.05) is 17.8 Å². The summed E-state index contributed by atoms with van der Waals surface area (Å²) in [5.74, 6) is 0. The van der Waals surface area contributed by atoms with Gasteiger partial charge < -0.3 is 5.32 Å². The van der Waals surface area contributed by atoms with Crippen molar-refractivity contribution in [2.75, 3.05) is 6.54 Å². The van der Waals surface area contributed by atoms with E-state index in [1.54, 1.807) is 6.20 Å². The topological polar surface area (TPSA) is 24.9 Å². The zero-order valence-corrected chi connectivity index (χ0v) is 6.80. The van der Waals surface area contributed by atoms with Gasteiger partial charge in [0.15, 0.2) is 0 Å². The second-order valence-electron chi connectivity index (χ2n) is 2.68. The Morgan fingerprint density at radius 1 is 1.64 bits per heavy atom. The molecule has 0 aromatic carbocycles. The fourth-order valence-electron chi connectivity index (χ4n) is 1.21. The number of aromatic nitrogens is 1. The van der Waals surface area contributed by atoms with Gasteiger partial charge in [0.25, 0.3) is 0 Å². The van der Waals surface area contributed by atoms with E-state index in [0.29, 0.717) is 11.2 Å². The van der Waals surface area contributed by atoms with E-state index in [1.807, 2.05) is 12.1 Å². The Balaban J connectivity index is 2.28. The van der Waals surface area contributed by atoms with Crippen molar-refractivity contribution in [2.45, 2.75) is 12.5 Å². The van der Waals surface area contributed by atoms with Crippen molar-refractivity contribution < 1.29 is 0 Å². The Hall–Kier alpha value is -0.600. The van der Waals surface area contributed by atoms with Crippen LogP contribution in [-0.4, -0.2) is 11.5 Å². The molecule has 0 aliphatic carbocycles. The molecule has 0 saturated carbocycles. The smallest absolute Gasteiger partial charge is 0.133 e. The van der Waals surface area contributed by atoms with Crippen molar-refractivity contribution in [2.24, 2.45) is 0 Å². The summed E-state index contributed by atoms with van der Waals surface area (Å²) < 4.78 is 0. The first-order chi connectivity index (χ1) is 5.38. The minimum absolute atomic E-state index is 0.441. The van der Waals surface area contributed by atoms with Gasteiger partial charge in [0.1, 0.15) is 5.15 Å². The number of rotatable bonds is 1. The highest BCUT2D eigenvalue weighted by atomic mass is 35.5. The molecule has 2 rings (SSSR count). The molecule has 1 N–H and O–H groups in total. The number of halogens is 1. The van der Waals surface area contributed by atoms with E-state index in [2.05, 4.69) is 10.3 Å². The van der Waals surface area contributed by atoms with Gasteiger partial charge in [-0.3, -0.25) is 0 Å². The van der Waals surface area contributed by atoms with E-state index in [1.165, 1.54) is 6.42 Å². The lowest BCUT2D eigenvalue weighted by Gasteiger charge is -2.28. The third-order valence-electron chi connectivity index (χ3n) is 1.99. The molecule has 1 aliphatic heterocycles. The zero-order chi connectivity index (χ0) is 7.68. The molecule has 1 fully saturated rings. The minimum Gasteiger partial charge on any atom is -0.310 e. The molecule has 0 unspecified atom stereocenters. The van der Waals surface area contributed by atoms with Crippen LogP contribution in [0, 0.1) is 0 Å². The summed E-state index contributed by atoms with van der Waals surface area (Å²) in [6, 6.07) is 4.38. The Labute approximate surface area is 70.6 Å². The largest absolute Gasteiger partial charge is 0.310 e. The van der Waals surface area contributed by atoms with Gasteiger partial charge in [-0.05, 0) is 19.0 Å². The monoisotopic (exact) mass is 168 g/mol. The van der Waals surface area contributed by atoms with E-state index in [0.717, 1.165) is 12.1 Å². The van der Waals surface area contributed by atoms with Crippen LogP contribution in [0.5, 0.6) is 0 Å². The van der Waals surface area contributed by atoms with Crippen LogP contribution in [0.25, 0.3) is 0 Å². The summed E-state index contributed by atoms with van der Waals surface area (Å²) in [7, 11) is 0. The van der Waals surface area contributed by atoms with Gasteiger partial charge in [-0.15, -0.1) is 0 Å². The summed E-state index contributed by atoms with van der Waals surface area (Å²) >= 11 is 5.88. The molecule has 0 radical (unpaired) electrons. The van der Waals surface area contributed by atoms with Crippen LogP contribution >= 0.6 is 11.6 Å². The fourth-order valence-corrected chi connectivity index (χ4v) is 1.46. The van der Waals surface area contributed by atoms with Crippen molar-refractivity contribution in [3.63, 3.8) is 0 Å². The van der Waals surface area contributed by atoms with Crippen LogP contribution in [0.1, 0.15) is 18.0 Å². The molecule has 1 saturated heterocycles. The first-order valence-electron chi connectivity index (χ1n) is 3.72. The predicted octanol–water partition coefficient (Wildman–Crippen LogP) is 1.77. The lowest BCUT2D eigenvalue weighted by molar-refractivity contribution is 0.382. The highest BCUT2D eigenvalue weighted by Crippen LogP contribution is 2.26. The molecule has 1 aromatic heterocycles. The summed E-state index contributed by atoms with van der Waals surface area (Å²) in [6.07, 6.45) is 2.88. The van der Waals surface area contributed by atoms with Gasteiger partial charge in [0.2, 0.25) is 0 Å². The Kier molecular flexibility index (Phi) is 1.80. The van der Waals surface area contributed by atoms with Crippen LogP contribution in [0.4, 0.5) is 0 Å². The van der Waals surface area contributed by atoms with Crippen molar-refractivity contribution in [1.82, 2.24) is 10.3 Å². The van der Waals surface area contributed by atoms with E-state index < -0.39 is 0 Å². The van der Waals surface area contributed by atoms with E-state index in [4.69, 9.17) is 11.6 Å². The third-order valence-corrected chi connectivity index (χ3v) is 2.30. The molecule has 1 atom stereocenters. The number of pyridine rings is 1. The van der Waals surface area contributed by atoms with Crippen molar-refractivity contribution in [1.29, 1.82) is 0 Å². The van der Waals surface area contributed by atoms with Crippen molar-refractivity contribution >= 4 is 11.6 Å². The Bertz CT molecular complexity index is 258. The lowest BCUT2D eigenvalue weighted by Crippen LogP contribution is -2.35. The molecular formula is C8H9ClN2. The molecule has 0 bridgehead atoms. The standard InChI is InChI=1S/C8H9ClN2/c9-8-6(2-1-4-11-8)7-3-5-10-7/h1-2,4,7,10H,3,5H2/t7-/m1/s1. The van der Waals surface area contributed by atoms with Crippen LogP contribution in [0.3, 0.4) is 0 Å². The fraction of sp³-hybridized carbons (Fsp3) is 0.375. The maximum absolute atomic E-state index is 5.88. The second kappa shape index (κ2) is 2.80. The molecule has 0 amide bonds. The summed E-state index contributed by atoms with van der Waals surface area (Å²) in [5, 5.41) is 3.91. The van der Waals surface area contributed by atoms with E-state index >= 15 is 0 Å². The number of nitrogens with one attached hydrogen (secondary N) is 1. The summed E-state index contributed by atoms with van der Waals surface area (Å²) in [6.45, 7) is 1.09. The summed E-state index contributed by atoms with van der Waals surface area (Å²) in [4.78, 5) is 4.01. The molecule has 11 heavy (non-hydrogen) atoms. The van der Waals surface area contributed by atoms with E-state index in [9.17, 15) is 0 Å². The lowest BCUT2D eigenvalue weighted by atomic mass is 10.00. The van der Waals surface area contributed by atoms with Crippen LogP contribution < -0.4 is 5.32 Å². The SMILES string of the molecule is Clc1ncccc1[C@H]1CCN1. The maximum Gasteiger partial charge on any atom is 0.133 e. The highest BCUT2D eigenvalue weighted by molar-refractivity contribution is 6.30. The van der Waals surface area contributed by atoms with Gasteiger partial charge in [-0.25, -0.2) is 4.98 Å². The van der Waals surface area contributed by atoms with Gasteiger partial charge >= 0.3 is 0 Å². The average Bonchev–Trinajstić information content (AvgIpc) is 1.90. The first kappa shape index (κ1) is 7.07. The predicted molar refractivity (Wildman–Crippen MR) is 44.6 cm³/mol. The van der Waals surface area contributed by atoms with Gasteiger partial charge in [0.05, 0.1) is 0 Å². The normalized spacial score (nSPS) is 22.8. The van der Waals surface area contributed by atoms with Crippen molar-refractivity contribution in [3.05, 3.63) is 29.0 Å². The molecule has 0 spiro atoms. The average molecular weight is 169 g/mol. The molecule has 3 heteroatoms. The van der Waals surface area contributed by atoms with Crippen molar-refractivity contribution in [3.8, 4) is 0 Å². The molecule has 1 aliphatic rings. The second-order valence-corrected chi connectivity index (χ2v) is 3.04. The minimum atomic E-state index is 0.441. The molecule has 2 heterocycles. The quantitative estimate of drug-likeness (QED) is 0.647. The molecule has 58 valence electrons. The van der Waals surface area contributed by atoms with Gasteiger partial charge in [-0.2, -0.15) is 0 Å². The maximum atomic E-state index is 5.88. The Morgan fingerprint density at radius 3 is 3.00 bits per heavy atom. The molecule has 2 nitrogen and oxygen atoms in total. The van der Waals surface area contributed by atoms with E-state index in [-0.39, 0.29) is 0 Å². The number of hydrogen-bond donors (Lipinski definition) is 1. The van der Waals surface area contributed by atoms with Gasteiger partial charge in [-0.1, -0.05) is 17.7 Å². The van der Waals surface area contributed by atoms with Crippen LogP contribution in [0.15, 0.2) is 18.3 Å². The van der Waals surface area contributed by atoms with Crippen LogP contribution in [-0.2, 0) is 0 Å². The third kappa shape index (κ3) is 1.24. The summed E-state index contributed by atoms with van der Waals surface area (Å²) in [5.41, 5.74) is 1.13. The molecular weight excluding hydrogens is 160 g/mol. The number of hydrogen-bond acceptors (Lipinski definition) is 2. The Morgan fingerprint density at radius 2 is 2.45 bits per heavy atom. The first-order valence-corrected chi connectivity index (χ1v) is 4.09. The zero-order valence-electron chi connectivity index (χ0n) is 6.05. The number of nitrogens with zero attached hydrogens (tertiary/aromatic N) is 1.